The highest BCUT2D eigenvalue weighted by Crippen LogP contribution is 2.30. The monoisotopic (exact) mass is 392 g/mol. The standard InChI is InChI=1S/C22H28N6O/c1-16-6-9-18(19(13-16)29-15-17-7-8-17)14-25-22(23-2)24-11-10-21-27-26-20-5-3-4-12-28(20)21/h3-6,9,12-13,17H,7-8,10-11,14-15H2,1-2H3,(H2,23,24,25). The van der Waals surface area contributed by atoms with Crippen LogP contribution in [0.25, 0.3) is 5.65 Å². The Balaban J connectivity index is 1.30. The van der Waals surface area contributed by atoms with Crippen molar-refractivity contribution in [1.29, 1.82) is 0 Å². The van der Waals surface area contributed by atoms with E-state index in [1.807, 2.05) is 28.8 Å². The molecule has 0 aliphatic heterocycles. The Kier molecular flexibility index (Phi) is 5.93. The number of benzene rings is 1. The molecule has 1 aromatic carbocycles. The molecule has 1 fully saturated rings. The molecule has 2 aromatic heterocycles. The van der Waals surface area contributed by atoms with Crippen LogP contribution in [0.2, 0.25) is 0 Å². The lowest BCUT2D eigenvalue weighted by atomic mass is 10.1. The van der Waals surface area contributed by atoms with Crippen LogP contribution in [0.1, 0.15) is 29.8 Å². The highest BCUT2D eigenvalue weighted by molar-refractivity contribution is 5.79. The van der Waals surface area contributed by atoms with Crippen LogP contribution >= 0.6 is 0 Å². The van der Waals surface area contributed by atoms with E-state index in [2.05, 4.69) is 50.9 Å². The van der Waals surface area contributed by atoms with Crippen LogP contribution < -0.4 is 15.4 Å². The summed E-state index contributed by atoms with van der Waals surface area (Å²) < 4.78 is 8.07. The van der Waals surface area contributed by atoms with Crippen LogP contribution in [0.15, 0.2) is 47.6 Å². The van der Waals surface area contributed by atoms with Crippen molar-refractivity contribution >= 4 is 11.6 Å². The second-order valence-corrected chi connectivity index (χ2v) is 7.51. The van der Waals surface area contributed by atoms with Crippen molar-refractivity contribution in [3.05, 3.63) is 59.5 Å². The highest BCUT2D eigenvalue weighted by Gasteiger charge is 2.22. The molecule has 29 heavy (non-hydrogen) atoms. The summed E-state index contributed by atoms with van der Waals surface area (Å²) in [6.07, 6.45) is 5.32. The second-order valence-electron chi connectivity index (χ2n) is 7.51. The molecule has 2 N–H and O–H groups in total. The molecule has 152 valence electrons. The number of hydrogen-bond donors (Lipinski definition) is 2. The highest BCUT2D eigenvalue weighted by atomic mass is 16.5. The van der Waals surface area contributed by atoms with Gasteiger partial charge in [0.15, 0.2) is 11.6 Å². The van der Waals surface area contributed by atoms with Gasteiger partial charge in [-0.15, -0.1) is 10.2 Å². The Morgan fingerprint density at radius 2 is 2.10 bits per heavy atom. The topological polar surface area (TPSA) is 75.8 Å². The lowest BCUT2D eigenvalue weighted by molar-refractivity contribution is 0.296. The van der Waals surface area contributed by atoms with Crippen molar-refractivity contribution in [3.63, 3.8) is 0 Å². The van der Waals surface area contributed by atoms with E-state index in [1.54, 1.807) is 7.05 Å². The molecule has 7 nitrogen and oxygen atoms in total. The molecule has 0 atom stereocenters. The van der Waals surface area contributed by atoms with E-state index in [9.17, 15) is 0 Å². The van der Waals surface area contributed by atoms with Gasteiger partial charge in [0.25, 0.3) is 0 Å². The molecule has 3 aromatic rings. The first-order valence-electron chi connectivity index (χ1n) is 10.2. The third kappa shape index (κ3) is 5.04. The first-order valence-corrected chi connectivity index (χ1v) is 10.2. The van der Waals surface area contributed by atoms with E-state index in [-0.39, 0.29) is 0 Å². The molecule has 1 saturated carbocycles. The van der Waals surface area contributed by atoms with Gasteiger partial charge in [0, 0.05) is 38.3 Å². The summed E-state index contributed by atoms with van der Waals surface area (Å²) in [5.74, 6) is 3.39. The number of fused-ring (bicyclic) bond motifs is 1. The van der Waals surface area contributed by atoms with E-state index in [4.69, 9.17) is 4.74 Å². The quantitative estimate of drug-likeness (QED) is 0.455. The molecule has 0 spiro atoms. The largest absolute Gasteiger partial charge is 0.493 e. The summed E-state index contributed by atoms with van der Waals surface area (Å²) in [4.78, 5) is 4.33. The minimum atomic E-state index is 0.661. The van der Waals surface area contributed by atoms with Crippen LogP contribution in [-0.2, 0) is 13.0 Å². The van der Waals surface area contributed by atoms with E-state index in [0.717, 1.165) is 47.7 Å². The Hall–Kier alpha value is -3.09. The summed E-state index contributed by atoms with van der Waals surface area (Å²) in [5.41, 5.74) is 3.22. The summed E-state index contributed by atoms with van der Waals surface area (Å²) in [6.45, 7) is 4.29. The Morgan fingerprint density at radius 3 is 2.93 bits per heavy atom. The van der Waals surface area contributed by atoms with Crippen LogP contribution in [0.3, 0.4) is 0 Å². The average molecular weight is 393 g/mol. The van der Waals surface area contributed by atoms with Gasteiger partial charge in [-0.05, 0) is 49.4 Å². The fraction of sp³-hybridized carbons (Fsp3) is 0.409. The number of pyridine rings is 1. The Morgan fingerprint density at radius 1 is 1.21 bits per heavy atom. The molecule has 7 heteroatoms. The molecule has 0 amide bonds. The maximum Gasteiger partial charge on any atom is 0.191 e. The lowest BCUT2D eigenvalue weighted by Crippen LogP contribution is -2.38. The predicted molar refractivity (Wildman–Crippen MR) is 114 cm³/mol. The fourth-order valence-corrected chi connectivity index (χ4v) is 3.19. The number of nitrogens with zero attached hydrogens (tertiary/aromatic N) is 4. The number of ether oxygens (including phenoxy) is 1. The van der Waals surface area contributed by atoms with Gasteiger partial charge >= 0.3 is 0 Å². The van der Waals surface area contributed by atoms with Crippen molar-refractivity contribution in [2.24, 2.45) is 10.9 Å². The van der Waals surface area contributed by atoms with Gasteiger partial charge in [0.2, 0.25) is 0 Å². The fourth-order valence-electron chi connectivity index (χ4n) is 3.19. The van der Waals surface area contributed by atoms with E-state index >= 15 is 0 Å². The van der Waals surface area contributed by atoms with E-state index < -0.39 is 0 Å². The molecule has 2 heterocycles. The van der Waals surface area contributed by atoms with Gasteiger partial charge in [-0.2, -0.15) is 0 Å². The zero-order chi connectivity index (χ0) is 20.1. The molecule has 0 bridgehead atoms. The van der Waals surface area contributed by atoms with Gasteiger partial charge in [0.05, 0.1) is 6.61 Å². The van der Waals surface area contributed by atoms with Crippen molar-refractivity contribution in [3.8, 4) is 5.75 Å². The van der Waals surface area contributed by atoms with Crippen molar-refractivity contribution in [2.75, 3.05) is 20.2 Å². The summed E-state index contributed by atoms with van der Waals surface area (Å²) in [6, 6.07) is 12.3. The van der Waals surface area contributed by atoms with Gasteiger partial charge in [-0.1, -0.05) is 18.2 Å². The smallest absolute Gasteiger partial charge is 0.191 e. The van der Waals surface area contributed by atoms with Gasteiger partial charge in [-0.3, -0.25) is 9.39 Å². The maximum atomic E-state index is 6.06. The predicted octanol–water partition coefficient (Wildman–Crippen LogP) is 2.73. The number of nitrogens with one attached hydrogen (secondary N) is 2. The van der Waals surface area contributed by atoms with Crippen molar-refractivity contribution < 1.29 is 4.74 Å². The Bertz CT molecular complexity index is 992. The van der Waals surface area contributed by atoms with Gasteiger partial charge in [-0.25, -0.2) is 0 Å². The molecule has 1 aliphatic carbocycles. The van der Waals surface area contributed by atoms with E-state index in [0.29, 0.717) is 13.1 Å². The zero-order valence-corrected chi connectivity index (χ0v) is 17.1. The minimum absolute atomic E-state index is 0.661. The third-order valence-electron chi connectivity index (χ3n) is 5.09. The van der Waals surface area contributed by atoms with Crippen LogP contribution in [-0.4, -0.2) is 40.8 Å². The Labute approximate surface area is 171 Å². The SMILES string of the molecule is CN=C(NCCc1nnc2ccccn12)NCc1ccc(C)cc1OCC1CC1. The molecule has 0 saturated heterocycles. The number of aliphatic imine (C=N–C) groups is 1. The number of rotatable bonds is 8. The second kappa shape index (κ2) is 8.94. The summed E-state index contributed by atoms with van der Waals surface area (Å²) >= 11 is 0. The minimum Gasteiger partial charge on any atom is -0.493 e. The van der Waals surface area contributed by atoms with Gasteiger partial charge < -0.3 is 15.4 Å². The first kappa shape index (κ1) is 19.2. The van der Waals surface area contributed by atoms with Crippen molar-refractivity contribution in [1.82, 2.24) is 25.2 Å². The number of guanidine groups is 1. The third-order valence-corrected chi connectivity index (χ3v) is 5.09. The number of aromatic nitrogens is 3. The average Bonchev–Trinajstić information content (AvgIpc) is 3.49. The van der Waals surface area contributed by atoms with Crippen LogP contribution in [0.5, 0.6) is 5.75 Å². The normalized spacial score (nSPS) is 14.2. The van der Waals surface area contributed by atoms with Crippen molar-refractivity contribution in [2.45, 2.75) is 32.7 Å². The van der Waals surface area contributed by atoms with Crippen LogP contribution in [0.4, 0.5) is 0 Å². The molecule has 0 unspecified atom stereocenters. The van der Waals surface area contributed by atoms with E-state index in [1.165, 1.54) is 18.4 Å². The maximum absolute atomic E-state index is 6.06. The van der Waals surface area contributed by atoms with Gasteiger partial charge in [0.1, 0.15) is 11.6 Å². The molecule has 1 aliphatic rings. The lowest BCUT2D eigenvalue weighted by Gasteiger charge is -2.15. The molecular formula is C22H28N6O. The summed E-state index contributed by atoms with van der Waals surface area (Å²) in [7, 11) is 1.78. The molecular weight excluding hydrogens is 364 g/mol. The number of hydrogen-bond acceptors (Lipinski definition) is 4. The molecule has 4 rings (SSSR count). The zero-order valence-electron chi connectivity index (χ0n) is 17.1. The first-order chi connectivity index (χ1) is 14.2. The van der Waals surface area contributed by atoms with Crippen LogP contribution in [0, 0.1) is 12.8 Å². The molecule has 0 radical (unpaired) electrons. The number of aryl methyl sites for hydroxylation is 1. The summed E-state index contributed by atoms with van der Waals surface area (Å²) in [5, 5.41) is 15.2.